The van der Waals surface area contributed by atoms with Gasteiger partial charge in [0.05, 0.1) is 12.6 Å². The molecule has 2 aromatic rings. The van der Waals surface area contributed by atoms with E-state index in [0.717, 1.165) is 4.57 Å². The van der Waals surface area contributed by atoms with Crippen molar-refractivity contribution >= 4 is 0 Å². The maximum atomic E-state index is 12.4. The molecule has 0 aliphatic heterocycles. The quantitative estimate of drug-likeness (QED) is 0.891. The second-order valence-electron chi connectivity index (χ2n) is 4.98. The molecule has 8 heteroatoms. The number of hydrogen-bond acceptors (Lipinski definition) is 3. The molecular weight excluding hydrogens is 283 g/mol. The molecule has 0 saturated carbocycles. The van der Waals surface area contributed by atoms with Crippen molar-refractivity contribution < 1.29 is 13.2 Å². The zero-order chi connectivity index (χ0) is 15.5. The molecule has 0 aliphatic rings. The van der Waals surface area contributed by atoms with Gasteiger partial charge in [0.1, 0.15) is 12.4 Å². The highest BCUT2D eigenvalue weighted by Crippen LogP contribution is 2.18. The highest BCUT2D eigenvalue weighted by atomic mass is 19.4. The van der Waals surface area contributed by atoms with Crippen LogP contribution in [0.25, 0.3) is 0 Å². The van der Waals surface area contributed by atoms with Gasteiger partial charge in [-0.25, -0.2) is 4.98 Å². The van der Waals surface area contributed by atoms with Gasteiger partial charge < -0.3 is 9.88 Å². The van der Waals surface area contributed by atoms with Gasteiger partial charge in [-0.15, -0.1) is 0 Å². The molecule has 0 spiro atoms. The Labute approximate surface area is 120 Å². The van der Waals surface area contributed by atoms with Crippen LogP contribution in [0.2, 0.25) is 0 Å². The van der Waals surface area contributed by atoms with Gasteiger partial charge in [0.25, 0.3) is 0 Å². The highest BCUT2D eigenvalue weighted by Gasteiger charge is 2.28. The van der Waals surface area contributed by atoms with Crippen molar-refractivity contribution in [3.8, 4) is 0 Å². The summed E-state index contributed by atoms with van der Waals surface area (Å²) in [4.78, 5) is 3.97. The molecule has 0 unspecified atom stereocenters. The third-order valence-electron chi connectivity index (χ3n) is 3.40. The van der Waals surface area contributed by atoms with Crippen molar-refractivity contribution in [2.45, 2.75) is 45.2 Å². The van der Waals surface area contributed by atoms with Crippen LogP contribution in [0.1, 0.15) is 25.7 Å². The van der Waals surface area contributed by atoms with Crippen molar-refractivity contribution in [1.29, 1.82) is 0 Å². The Bertz CT molecular complexity index is 546. The van der Waals surface area contributed by atoms with Crippen molar-refractivity contribution in [2.75, 3.05) is 0 Å². The molecule has 21 heavy (non-hydrogen) atoms. The van der Waals surface area contributed by atoms with Crippen molar-refractivity contribution in [3.63, 3.8) is 0 Å². The van der Waals surface area contributed by atoms with Crippen molar-refractivity contribution in [2.24, 2.45) is 0 Å². The summed E-state index contributed by atoms with van der Waals surface area (Å²) in [5, 5.41) is 7.34. The second-order valence-corrected chi connectivity index (χ2v) is 4.98. The van der Waals surface area contributed by atoms with Crippen LogP contribution in [0.15, 0.2) is 30.9 Å². The largest absolute Gasteiger partial charge is 0.406 e. The fourth-order valence-corrected chi connectivity index (χ4v) is 2.02. The van der Waals surface area contributed by atoms with E-state index in [1.165, 1.54) is 12.4 Å². The van der Waals surface area contributed by atoms with Gasteiger partial charge in [0.2, 0.25) is 0 Å². The minimum Gasteiger partial charge on any atom is -0.325 e. The third kappa shape index (κ3) is 4.32. The van der Waals surface area contributed by atoms with Gasteiger partial charge in [-0.3, -0.25) is 4.68 Å². The fourth-order valence-electron chi connectivity index (χ4n) is 2.02. The lowest BCUT2D eigenvalue weighted by atomic mass is 10.2. The Balaban J connectivity index is 1.93. The van der Waals surface area contributed by atoms with E-state index >= 15 is 0 Å². The average Bonchev–Trinajstić information content (AvgIpc) is 3.04. The molecule has 0 radical (unpaired) electrons. The number of rotatable bonds is 6. The predicted molar refractivity (Wildman–Crippen MR) is 71.5 cm³/mol. The molecule has 5 nitrogen and oxygen atoms in total. The van der Waals surface area contributed by atoms with Crippen LogP contribution in [-0.4, -0.2) is 31.5 Å². The van der Waals surface area contributed by atoms with E-state index < -0.39 is 12.7 Å². The maximum absolute atomic E-state index is 12.4. The first-order valence-electron chi connectivity index (χ1n) is 6.66. The lowest BCUT2D eigenvalue weighted by Gasteiger charge is -2.22. The summed E-state index contributed by atoms with van der Waals surface area (Å²) < 4.78 is 40.2. The molecule has 0 amide bonds. The van der Waals surface area contributed by atoms with Gasteiger partial charge in [-0.1, -0.05) is 0 Å². The number of hydrogen-bond donors (Lipinski definition) is 1. The van der Waals surface area contributed by atoms with E-state index in [-0.39, 0.29) is 18.6 Å². The number of nitrogens with one attached hydrogen (secondary N) is 1. The van der Waals surface area contributed by atoms with Gasteiger partial charge in [0.15, 0.2) is 0 Å². The first-order chi connectivity index (χ1) is 9.87. The van der Waals surface area contributed by atoms with E-state index in [1.807, 2.05) is 26.1 Å². The summed E-state index contributed by atoms with van der Waals surface area (Å²) in [6, 6.07) is 1.96. The Morgan fingerprint density at radius 1 is 1.24 bits per heavy atom. The molecule has 2 atom stereocenters. The SMILES string of the molecule is C[C@H]([C@@H](C)NCc1nccn1CC(F)(F)F)n1cccn1. The van der Waals surface area contributed by atoms with Crippen LogP contribution in [0, 0.1) is 0 Å². The van der Waals surface area contributed by atoms with E-state index in [1.54, 1.807) is 10.9 Å². The van der Waals surface area contributed by atoms with Crippen molar-refractivity contribution in [1.82, 2.24) is 24.6 Å². The van der Waals surface area contributed by atoms with Crippen LogP contribution in [0.4, 0.5) is 13.2 Å². The molecule has 0 aliphatic carbocycles. The minimum absolute atomic E-state index is 0.0425. The summed E-state index contributed by atoms with van der Waals surface area (Å²) >= 11 is 0. The van der Waals surface area contributed by atoms with E-state index in [9.17, 15) is 13.2 Å². The summed E-state index contributed by atoms with van der Waals surface area (Å²) in [6.07, 6.45) is 2.02. The highest BCUT2D eigenvalue weighted by molar-refractivity contribution is 4.94. The number of halogens is 3. The lowest BCUT2D eigenvalue weighted by Crippen LogP contribution is -2.34. The summed E-state index contributed by atoms with van der Waals surface area (Å²) in [5.74, 6) is 0.367. The molecule has 2 aromatic heterocycles. The number of imidazole rings is 1. The molecule has 0 fully saturated rings. The Morgan fingerprint density at radius 3 is 2.62 bits per heavy atom. The fraction of sp³-hybridized carbons (Fsp3) is 0.538. The normalized spacial score (nSPS) is 15.1. The van der Waals surface area contributed by atoms with Crippen LogP contribution in [0.5, 0.6) is 0 Å². The Kier molecular flexibility index (Phi) is 4.66. The molecule has 2 heterocycles. The Morgan fingerprint density at radius 2 is 2.00 bits per heavy atom. The summed E-state index contributed by atoms with van der Waals surface area (Å²) in [5.41, 5.74) is 0. The third-order valence-corrected chi connectivity index (χ3v) is 3.40. The molecule has 0 saturated heterocycles. The van der Waals surface area contributed by atoms with Gasteiger partial charge in [-0.2, -0.15) is 18.3 Å². The van der Waals surface area contributed by atoms with Gasteiger partial charge in [0, 0.05) is 30.8 Å². The van der Waals surface area contributed by atoms with Crippen LogP contribution < -0.4 is 5.32 Å². The van der Waals surface area contributed by atoms with Gasteiger partial charge in [-0.05, 0) is 19.9 Å². The maximum Gasteiger partial charge on any atom is 0.406 e. The molecule has 0 aromatic carbocycles. The zero-order valence-corrected chi connectivity index (χ0v) is 11.9. The number of alkyl halides is 3. The first kappa shape index (κ1) is 15.6. The topological polar surface area (TPSA) is 47.7 Å². The monoisotopic (exact) mass is 301 g/mol. The predicted octanol–water partition coefficient (Wildman–Crippen LogP) is 2.38. The van der Waals surface area contributed by atoms with Crippen LogP contribution >= 0.6 is 0 Å². The standard InChI is InChI=1S/C13H18F3N5/c1-10(11(2)21-6-3-4-19-21)18-8-12-17-5-7-20(12)9-13(14,15)16/h3-7,10-11,18H,8-9H2,1-2H3/t10-,11-/m1/s1. The Hall–Kier alpha value is -1.83. The van der Waals surface area contributed by atoms with E-state index in [0.29, 0.717) is 5.82 Å². The lowest BCUT2D eigenvalue weighted by molar-refractivity contribution is -0.141. The minimum atomic E-state index is -4.25. The zero-order valence-electron chi connectivity index (χ0n) is 11.9. The molecule has 2 rings (SSSR count). The van der Waals surface area contributed by atoms with Crippen LogP contribution in [-0.2, 0) is 13.1 Å². The molecule has 0 bridgehead atoms. The molecule has 1 N–H and O–H groups in total. The summed E-state index contributed by atoms with van der Waals surface area (Å²) in [7, 11) is 0. The second kappa shape index (κ2) is 6.30. The van der Waals surface area contributed by atoms with E-state index in [2.05, 4.69) is 15.4 Å². The molecule has 116 valence electrons. The summed E-state index contributed by atoms with van der Waals surface area (Å²) in [6.45, 7) is 3.21. The average molecular weight is 301 g/mol. The smallest absolute Gasteiger partial charge is 0.325 e. The first-order valence-corrected chi connectivity index (χ1v) is 6.66. The van der Waals surface area contributed by atoms with Crippen LogP contribution in [0.3, 0.4) is 0 Å². The van der Waals surface area contributed by atoms with Gasteiger partial charge >= 0.3 is 6.18 Å². The van der Waals surface area contributed by atoms with Crippen molar-refractivity contribution in [3.05, 3.63) is 36.7 Å². The number of nitrogens with zero attached hydrogens (tertiary/aromatic N) is 4. The van der Waals surface area contributed by atoms with E-state index in [4.69, 9.17) is 0 Å². The molecular formula is C13H18F3N5. The number of aromatic nitrogens is 4.